The summed E-state index contributed by atoms with van der Waals surface area (Å²) in [6.07, 6.45) is 3.51. The third kappa shape index (κ3) is 3.42. The zero-order valence-electron chi connectivity index (χ0n) is 9.73. The van der Waals surface area contributed by atoms with Gasteiger partial charge in [-0.05, 0) is 19.3 Å². The van der Waals surface area contributed by atoms with Gasteiger partial charge in [0.05, 0.1) is 19.6 Å². The topological polar surface area (TPSA) is 89.1 Å². The Bertz CT molecular complexity index is 373. The van der Waals surface area contributed by atoms with Gasteiger partial charge in [0, 0.05) is 6.61 Å². The van der Waals surface area contributed by atoms with Gasteiger partial charge >= 0.3 is 6.01 Å². The average molecular weight is 240 g/mol. The highest BCUT2D eigenvalue weighted by Crippen LogP contribution is 2.16. The molecule has 94 valence electrons. The van der Waals surface area contributed by atoms with Crippen LogP contribution in [0.5, 0.6) is 6.01 Å². The minimum atomic E-state index is -0.129. The zero-order chi connectivity index (χ0) is 12.1. The third-order valence-electron chi connectivity index (χ3n) is 2.59. The number of hydrogen-bond acceptors (Lipinski definition) is 5. The molecule has 1 aromatic heterocycles. The molecule has 0 radical (unpaired) electrons. The smallest absolute Gasteiger partial charge is 0.336 e. The van der Waals surface area contributed by atoms with E-state index >= 15 is 0 Å². The molecule has 7 heteroatoms. The van der Waals surface area contributed by atoms with Crippen molar-refractivity contribution in [1.29, 1.82) is 0 Å². The Morgan fingerprint density at radius 1 is 1.65 bits per heavy atom. The molecule has 0 spiro atoms. The highest BCUT2D eigenvalue weighted by atomic mass is 16.5. The molecule has 2 heterocycles. The monoisotopic (exact) mass is 240 g/mol. The summed E-state index contributed by atoms with van der Waals surface area (Å²) in [5, 5.41) is 8.91. The molecule has 1 fully saturated rings. The van der Waals surface area contributed by atoms with Crippen molar-refractivity contribution in [3.63, 3.8) is 0 Å². The normalized spacial score (nSPS) is 19.9. The van der Waals surface area contributed by atoms with Crippen LogP contribution in [0.1, 0.15) is 25.7 Å². The number of H-pyrrole nitrogens is 1. The summed E-state index contributed by atoms with van der Waals surface area (Å²) < 4.78 is 10.3. The van der Waals surface area contributed by atoms with E-state index in [4.69, 9.17) is 9.47 Å². The summed E-state index contributed by atoms with van der Waals surface area (Å²) in [4.78, 5) is 15.6. The number of aromatic amines is 1. The lowest BCUT2D eigenvalue weighted by molar-refractivity contribution is -0.119. The quantitative estimate of drug-likeness (QED) is 0.809. The number of carbonyl (C=O) groups is 1. The molecule has 7 nitrogen and oxygen atoms in total. The summed E-state index contributed by atoms with van der Waals surface area (Å²) in [7, 11) is 1.46. The molecule has 1 saturated heterocycles. The summed E-state index contributed by atoms with van der Waals surface area (Å²) in [6.45, 7) is 0.744. The van der Waals surface area contributed by atoms with Crippen LogP contribution in [0.3, 0.4) is 0 Å². The second-order valence-corrected chi connectivity index (χ2v) is 3.91. The van der Waals surface area contributed by atoms with Crippen molar-refractivity contribution in [2.45, 2.75) is 31.8 Å². The second-order valence-electron chi connectivity index (χ2n) is 3.91. The fourth-order valence-electron chi connectivity index (χ4n) is 1.75. The fraction of sp³-hybridized carbons (Fsp3) is 0.700. The van der Waals surface area contributed by atoms with Gasteiger partial charge < -0.3 is 9.47 Å². The van der Waals surface area contributed by atoms with Crippen LogP contribution in [0.25, 0.3) is 0 Å². The van der Waals surface area contributed by atoms with Crippen molar-refractivity contribution in [1.82, 2.24) is 15.2 Å². The molecule has 17 heavy (non-hydrogen) atoms. The Balaban J connectivity index is 1.79. The largest absolute Gasteiger partial charge is 0.466 e. The zero-order valence-corrected chi connectivity index (χ0v) is 9.73. The average Bonchev–Trinajstić information content (AvgIpc) is 2.78. The molecule has 2 rings (SSSR count). The Morgan fingerprint density at radius 2 is 2.53 bits per heavy atom. The standard InChI is InChI=1S/C10H16N4O3/c1-16-10-12-9(13-14-10)11-8(15)6-7-4-2-3-5-17-7/h7H,2-6H2,1H3,(H2,11,12,13,14,15). The summed E-state index contributed by atoms with van der Waals surface area (Å²) >= 11 is 0. The van der Waals surface area contributed by atoms with Crippen LogP contribution in [-0.4, -0.2) is 40.9 Å². The van der Waals surface area contributed by atoms with Crippen LogP contribution in [0.2, 0.25) is 0 Å². The van der Waals surface area contributed by atoms with E-state index in [1.54, 1.807) is 0 Å². The van der Waals surface area contributed by atoms with Gasteiger partial charge in [0.1, 0.15) is 0 Å². The highest BCUT2D eigenvalue weighted by molar-refractivity contribution is 5.89. The number of aromatic nitrogens is 3. The highest BCUT2D eigenvalue weighted by Gasteiger charge is 2.18. The Kier molecular flexibility index (Phi) is 3.92. The minimum absolute atomic E-state index is 0.0218. The lowest BCUT2D eigenvalue weighted by Gasteiger charge is -2.21. The third-order valence-corrected chi connectivity index (χ3v) is 2.59. The molecule has 1 atom stereocenters. The van der Waals surface area contributed by atoms with Crippen molar-refractivity contribution in [2.75, 3.05) is 19.0 Å². The first-order valence-electron chi connectivity index (χ1n) is 5.66. The van der Waals surface area contributed by atoms with Gasteiger partial charge in [0.25, 0.3) is 0 Å². The number of rotatable bonds is 4. The number of ether oxygens (including phenoxy) is 2. The van der Waals surface area contributed by atoms with Crippen molar-refractivity contribution >= 4 is 11.9 Å². The number of methoxy groups -OCH3 is 1. The van der Waals surface area contributed by atoms with Crippen LogP contribution in [-0.2, 0) is 9.53 Å². The number of hydrogen-bond donors (Lipinski definition) is 2. The summed E-state index contributed by atoms with van der Waals surface area (Å²) in [5.74, 6) is 0.165. The van der Waals surface area contributed by atoms with Gasteiger partial charge in [0.15, 0.2) is 0 Å². The van der Waals surface area contributed by atoms with Crippen molar-refractivity contribution in [3.05, 3.63) is 0 Å². The van der Waals surface area contributed by atoms with Crippen LogP contribution < -0.4 is 10.1 Å². The van der Waals surface area contributed by atoms with E-state index in [1.807, 2.05) is 0 Å². The molecule has 1 unspecified atom stereocenters. The number of nitrogens with zero attached hydrogens (tertiary/aromatic N) is 2. The van der Waals surface area contributed by atoms with Gasteiger partial charge in [-0.25, -0.2) is 5.10 Å². The fourth-order valence-corrected chi connectivity index (χ4v) is 1.75. The molecular formula is C10H16N4O3. The molecule has 1 aliphatic heterocycles. The number of amides is 1. The van der Waals surface area contributed by atoms with Gasteiger partial charge in [-0.3, -0.25) is 10.1 Å². The van der Waals surface area contributed by atoms with Crippen LogP contribution in [0.15, 0.2) is 0 Å². The van der Waals surface area contributed by atoms with Gasteiger partial charge in [-0.2, -0.15) is 4.98 Å². The van der Waals surface area contributed by atoms with E-state index in [0.717, 1.165) is 25.9 Å². The minimum Gasteiger partial charge on any atom is -0.466 e. The Labute approximate surface area is 98.9 Å². The molecule has 0 saturated carbocycles. The van der Waals surface area contributed by atoms with E-state index in [2.05, 4.69) is 20.5 Å². The van der Waals surface area contributed by atoms with Crippen molar-refractivity contribution < 1.29 is 14.3 Å². The molecular weight excluding hydrogens is 224 g/mol. The van der Waals surface area contributed by atoms with Crippen molar-refractivity contribution in [3.8, 4) is 6.01 Å². The molecule has 1 aromatic rings. The van der Waals surface area contributed by atoms with E-state index in [0.29, 0.717) is 12.4 Å². The first kappa shape index (κ1) is 11.8. The Hall–Kier alpha value is -1.63. The van der Waals surface area contributed by atoms with E-state index < -0.39 is 0 Å². The van der Waals surface area contributed by atoms with E-state index in [9.17, 15) is 4.79 Å². The lowest BCUT2D eigenvalue weighted by Crippen LogP contribution is -2.25. The van der Waals surface area contributed by atoms with Gasteiger partial charge in [-0.15, -0.1) is 5.10 Å². The Morgan fingerprint density at radius 3 is 3.18 bits per heavy atom. The molecule has 0 bridgehead atoms. The summed E-state index contributed by atoms with van der Waals surface area (Å²) in [6, 6.07) is 0.203. The van der Waals surface area contributed by atoms with Gasteiger partial charge in [-0.1, -0.05) is 0 Å². The van der Waals surface area contributed by atoms with Gasteiger partial charge in [0.2, 0.25) is 11.9 Å². The maximum absolute atomic E-state index is 11.7. The summed E-state index contributed by atoms with van der Waals surface area (Å²) in [5.41, 5.74) is 0. The van der Waals surface area contributed by atoms with E-state index in [1.165, 1.54) is 7.11 Å². The number of carbonyl (C=O) groups excluding carboxylic acids is 1. The molecule has 0 aliphatic carbocycles. The number of nitrogens with one attached hydrogen (secondary N) is 2. The van der Waals surface area contributed by atoms with E-state index in [-0.39, 0.29) is 18.0 Å². The predicted octanol–water partition coefficient (Wildman–Crippen LogP) is 0.711. The predicted molar refractivity (Wildman–Crippen MR) is 59.8 cm³/mol. The molecule has 1 amide bonds. The molecule has 1 aliphatic rings. The molecule has 2 N–H and O–H groups in total. The second kappa shape index (κ2) is 5.62. The molecule has 0 aromatic carbocycles. The first-order chi connectivity index (χ1) is 8.28. The first-order valence-corrected chi connectivity index (χ1v) is 5.66. The van der Waals surface area contributed by atoms with Crippen LogP contribution in [0, 0.1) is 0 Å². The SMILES string of the molecule is COc1n[nH]c(NC(=O)CC2CCCCO2)n1. The maximum atomic E-state index is 11.7. The lowest BCUT2D eigenvalue weighted by atomic mass is 10.1. The van der Waals surface area contributed by atoms with Crippen LogP contribution >= 0.6 is 0 Å². The van der Waals surface area contributed by atoms with Crippen LogP contribution in [0.4, 0.5) is 5.95 Å². The van der Waals surface area contributed by atoms with Crippen molar-refractivity contribution in [2.24, 2.45) is 0 Å². The maximum Gasteiger partial charge on any atom is 0.336 e. The number of anilines is 1.